The molecular formula is C18H16Cl2N6O3. The Morgan fingerprint density at radius 1 is 1.10 bits per heavy atom. The normalized spacial score (nSPS) is 10.5. The number of benzene rings is 2. The lowest BCUT2D eigenvalue weighted by atomic mass is 10.2. The van der Waals surface area contributed by atoms with Crippen molar-refractivity contribution in [3.8, 4) is 17.1 Å². The van der Waals surface area contributed by atoms with E-state index in [4.69, 9.17) is 27.9 Å². The van der Waals surface area contributed by atoms with Crippen LogP contribution in [0.4, 0.5) is 11.4 Å². The number of nitrogens with one attached hydrogen (secondary N) is 2. The minimum Gasteiger partial charge on any atom is -0.495 e. The predicted molar refractivity (Wildman–Crippen MR) is 109 cm³/mol. The summed E-state index contributed by atoms with van der Waals surface area (Å²) in [5, 5.41) is 18.1. The van der Waals surface area contributed by atoms with Gasteiger partial charge in [0.05, 0.1) is 23.5 Å². The van der Waals surface area contributed by atoms with Crippen molar-refractivity contribution in [2.45, 2.75) is 13.5 Å². The molecule has 2 amide bonds. The molecule has 1 aromatic heterocycles. The highest BCUT2D eigenvalue weighted by molar-refractivity contribution is 6.34. The van der Waals surface area contributed by atoms with E-state index in [9.17, 15) is 9.59 Å². The number of hydrogen-bond acceptors (Lipinski definition) is 6. The van der Waals surface area contributed by atoms with Crippen molar-refractivity contribution in [2.75, 3.05) is 17.7 Å². The largest absolute Gasteiger partial charge is 0.495 e. The topological polar surface area (TPSA) is 111 Å². The first-order chi connectivity index (χ1) is 13.9. The van der Waals surface area contributed by atoms with Crippen LogP contribution in [0.5, 0.6) is 5.75 Å². The standard InChI is InChI=1S/C18H16Cl2N6O3/c1-10(27)21-14-5-3-11(7-13(14)20)18-23-25-26(24-18)9-17(28)22-15-8-12(19)4-6-16(15)29-2/h3-8H,9H2,1-2H3,(H,21,27)(H,22,28). The quantitative estimate of drug-likeness (QED) is 0.615. The molecule has 150 valence electrons. The van der Waals surface area contributed by atoms with E-state index in [0.29, 0.717) is 32.7 Å². The maximum Gasteiger partial charge on any atom is 0.248 e. The number of carbonyl (C=O) groups is 2. The Bertz CT molecular complexity index is 1070. The van der Waals surface area contributed by atoms with E-state index in [0.717, 1.165) is 4.80 Å². The highest BCUT2D eigenvalue weighted by Gasteiger charge is 2.13. The second-order valence-corrected chi connectivity index (χ2v) is 6.76. The van der Waals surface area contributed by atoms with Gasteiger partial charge in [0.1, 0.15) is 12.3 Å². The molecule has 0 unspecified atom stereocenters. The lowest BCUT2D eigenvalue weighted by Crippen LogP contribution is -2.20. The molecule has 0 atom stereocenters. The van der Waals surface area contributed by atoms with Gasteiger partial charge >= 0.3 is 0 Å². The molecule has 0 radical (unpaired) electrons. The number of nitrogens with zero attached hydrogens (tertiary/aromatic N) is 4. The van der Waals surface area contributed by atoms with Crippen molar-refractivity contribution in [3.63, 3.8) is 0 Å². The SMILES string of the molecule is COc1ccc(Cl)cc1NC(=O)Cn1nnc(-c2ccc(NC(C)=O)c(Cl)c2)n1. The fourth-order valence-electron chi connectivity index (χ4n) is 2.47. The van der Waals surface area contributed by atoms with Crippen molar-refractivity contribution >= 4 is 46.4 Å². The van der Waals surface area contributed by atoms with Gasteiger partial charge in [-0.1, -0.05) is 23.2 Å². The van der Waals surface area contributed by atoms with Crippen LogP contribution in [0.1, 0.15) is 6.92 Å². The number of hydrogen-bond donors (Lipinski definition) is 2. The van der Waals surface area contributed by atoms with Crippen molar-refractivity contribution in [1.82, 2.24) is 20.2 Å². The number of tetrazole rings is 1. The first-order valence-electron chi connectivity index (χ1n) is 8.34. The number of rotatable bonds is 6. The third kappa shape index (κ3) is 5.21. The summed E-state index contributed by atoms with van der Waals surface area (Å²) in [6.07, 6.45) is 0. The van der Waals surface area contributed by atoms with E-state index in [1.165, 1.54) is 14.0 Å². The van der Waals surface area contributed by atoms with Gasteiger partial charge in [-0.05, 0) is 41.6 Å². The Morgan fingerprint density at radius 2 is 1.90 bits per heavy atom. The van der Waals surface area contributed by atoms with Gasteiger partial charge in [-0.15, -0.1) is 10.2 Å². The number of anilines is 2. The minimum absolute atomic E-state index is 0.166. The number of carbonyl (C=O) groups excluding carboxylic acids is 2. The molecule has 1 heterocycles. The molecule has 3 aromatic rings. The van der Waals surface area contributed by atoms with Crippen LogP contribution in [0.15, 0.2) is 36.4 Å². The number of halogens is 2. The summed E-state index contributed by atoms with van der Waals surface area (Å²) in [4.78, 5) is 24.6. The Kier molecular flexibility index (Phi) is 6.30. The average Bonchev–Trinajstić information content (AvgIpc) is 3.11. The fraction of sp³-hybridized carbons (Fsp3) is 0.167. The van der Waals surface area contributed by atoms with Crippen molar-refractivity contribution in [2.24, 2.45) is 0 Å². The highest BCUT2D eigenvalue weighted by atomic mass is 35.5. The predicted octanol–water partition coefficient (Wildman–Crippen LogP) is 3.25. The van der Waals surface area contributed by atoms with Crippen LogP contribution in [0, 0.1) is 0 Å². The fourth-order valence-corrected chi connectivity index (χ4v) is 2.87. The molecule has 0 spiro atoms. The molecule has 3 rings (SSSR count). The maximum absolute atomic E-state index is 12.3. The lowest BCUT2D eigenvalue weighted by molar-refractivity contribution is -0.117. The van der Waals surface area contributed by atoms with Crippen LogP contribution < -0.4 is 15.4 Å². The Morgan fingerprint density at radius 3 is 2.59 bits per heavy atom. The zero-order valence-corrected chi connectivity index (χ0v) is 17.0. The lowest BCUT2D eigenvalue weighted by Gasteiger charge is -2.10. The first kappa shape index (κ1) is 20.6. The van der Waals surface area contributed by atoms with Gasteiger partial charge in [0.2, 0.25) is 17.6 Å². The molecule has 0 fully saturated rings. The van der Waals surface area contributed by atoms with Crippen LogP contribution in [-0.4, -0.2) is 39.1 Å². The van der Waals surface area contributed by atoms with Crippen LogP contribution in [-0.2, 0) is 16.1 Å². The van der Waals surface area contributed by atoms with Gasteiger partial charge < -0.3 is 15.4 Å². The summed E-state index contributed by atoms with van der Waals surface area (Å²) in [5.41, 5.74) is 1.50. The van der Waals surface area contributed by atoms with Crippen molar-refractivity contribution < 1.29 is 14.3 Å². The van der Waals surface area contributed by atoms with Crippen LogP contribution in [0.25, 0.3) is 11.4 Å². The Labute approximate surface area is 175 Å². The van der Waals surface area contributed by atoms with E-state index in [2.05, 4.69) is 26.0 Å². The third-order valence-electron chi connectivity index (χ3n) is 3.71. The van der Waals surface area contributed by atoms with Gasteiger partial charge in [-0.2, -0.15) is 4.80 Å². The molecule has 9 nitrogen and oxygen atoms in total. The second kappa shape index (κ2) is 8.89. The van der Waals surface area contributed by atoms with E-state index in [1.54, 1.807) is 36.4 Å². The number of ether oxygens (including phenoxy) is 1. The average molecular weight is 435 g/mol. The molecule has 0 saturated carbocycles. The summed E-state index contributed by atoms with van der Waals surface area (Å²) in [5.74, 6) is 0.151. The van der Waals surface area contributed by atoms with Crippen LogP contribution in [0.3, 0.4) is 0 Å². The van der Waals surface area contributed by atoms with Gasteiger partial charge in [0.25, 0.3) is 0 Å². The molecule has 0 aliphatic carbocycles. The third-order valence-corrected chi connectivity index (χ3v) is 4.26. The molecule has 29 heavy (non-hydrogen) atoms. The molecule has 11 heteroatoms. The zero-order valence-electron chi connectivity index (χ0n) is 15.4. The number of methoxy groups -OCH3 is 1. The minimum atomic E-state index is -0.381. The van der Waals surface area contributed by atoms with E-state index >= 15 is 0 Å². The van der Waals surface area contributed by atoms with E-state index < -0.39 is 0 Å². The molecule has 0 bridgehead atoms. The molecule has 0 aliphatic rings. The first-order valence-corrected chi connectivity index (χ1v) is 9.10. The summed E-state index contributed by atoms with van der Waals surface area (Å²) in [7, 11) is 1.49. The van der Waals surface area contributed by atoms with Crippen molar-refractivity contribution in [1.29, 1.82) is 0 Å². The summed E-state index contributed by atoms with van der Waals surface area (Å²) in [6, 6.07) is 9.82. The smallest absolute Gasteiger partial charge is 0.248 e. The Balaban J connectivity index is 1.70. The van der Waals surface area contributed by atoms with E-state index in [1.807, 2.05) is 0 Å². The van der Waals surface area contributed by atoms with Gasteiger partial charge in [-0.3, -0.25) is 9.59 Å². The number of amides is 2. The summed E-state index contributed by atoms with van der Waals surface area (Å²) >= 11 is 12.1. The van der Waals surface area contributed by atoms with Gasteiger partial charge in [0.15, 0.2) is 0 Å². The molecule has 2 N–H and O–H groups in total. The summed E-state index contributed by atoms with van der Waals surface area (Å²) in [6.45, 7) is 1.22. The van der Waals surface area contributed by atoms with Gasteiger partial charge in [0, 0.05) is 17.5 Å². The van der Waals surface area contributed by atoms with Crippen LogP contribution >= 0.6 is 23.2 Å². The zero-order chi connectivity index (χ0) is 21.0. The molecule has 0 aliphatic heterocycles. The monoisotopic (exact) mass is 434 g/mol. The second-order valence-electron chi connectivity index (χ2n) is 5.91. The van der Waals surface area contributed by atoms with Gasteiger partial charge in [-0.25, -0.2) is 0 Å². The highest BCUT2D eigenvalue weighted by Crippen LogP contribution is 2.28. The maximum atomic E-state index is 12.3. The van der Waals surface area contributed by atoms with Crippen LogP contribution in [0.2, 0.25) is 10.0 Å². The molecule has 2 aromatic carbocycles. The Hall–Kier alpha value is -3.17. The number of aromatic nitrogens is 4. The molecule has 0 saturated heterocycles. The molecular weight excluding hydrogens is 419 g/mol. The van der Waals surface area contributed by atoms with Crippen molar-refractivity contribution in [3.05, 3.63) is 46.4 Å². The van der Waals surface area contributed by atoms with E-state index in [-0.39, 0.29) is 24.2 Å². The summed E-state index contributed by atoms with van der Waals surface area (Å²) < 4.78 is 5.20.